The molecule has 0 bridgehead atoms. The Morgan fingerprint density at radius 3 is 2.35 bits per heavy atom. The van der Waals surface area contributed by atoms with Crippen molar-refractivity contribution in [3.05, 3.63) is 29.3 Å². The van der Waals surface area contributed by atoms with E-state index < -0.39 is 0 Å². The summed E-state index contributed by atoms with van der Waals surface area (Å²) < 4.78 is 0. The van der Waals surface area contributed by atoms with Gasteiger partial charge in [-0.15, -0.1) is 0 Å². The monoisotopic (exact) mass is 275 g/mol. The smallest absolute Gasteiger partial charge is 0.228 e. The van der Waals surface area contributed by atoms with E-state index in [0.717, 1.165) is 36.9 Å². The molecule has 3 heteroatoms. The molecule has 0 saturated heterocycles. The maximum Gasteiger partial charge on any atom is 0.228 e. The van der Waals surface area contributed by atoms with Crippen LogP contribution in [0.25, 0.3) is 0 Å². The normalized spacial score (nSPS) is 22.4. The third-order valence-electron chi connectivity index (χ3n) is 4.40. The lowest BCUT2D eigenvalue weighted by Crippen LogP contribution is -2.35. The highest BCUT2D eigenvalue weighted by Gasteiger charge is 2.33. The van der Waals surface area contributed by atoms with Crippen LogP contribution in [0.4, 0.5) is 5.69 Å². The van der Waals surface area contributed by atoms with Gasteiger partial charge in [0.25, 0.3) is 0 Å². The van der Waals surface area contributed by atoms with E-state index in [4.69, 9.17) is 0 Å². The number of aryl methyl sites for hydroxylation is 2. The topological polar surface area (TPSA) is 46.2 Å². The Labute approximate surface area is 122 Å². The van der Waals surface area contributed by atoms with Crippen LogP contribution in [0.1, 0.15) is 45.2 Å². The molecule has 3 nitrogen and oxygen atoms in total. The van der Waals surface area contributed by atoms with Crippen LogP contribution in [0, 0.1) is 25.7 Å². The molecule has 1 amide bonds. The van der Waals surface area contributed by atoms with Crippen LogP contribution < -0.4 is 5.32 Å². The first-order chi connectivity index (χ1) is 9.49. The summed E-state index contributed by atoms with van der Waals surface area (Å²) in [6.45, 7) is 5.68. The van der Waals surface area contributed by atoms with E-state index in [0.29, 0.717) is 0 Å². The number of hydrogen-bond donors (Lipinski definition) is 1. The molecule has 0 aromatic heterocycles. The minimum absolute atomic E-state index is 0. The fraction of sp³-hybridized carbons (Fsp3) is 0.529. The van der Waals surface area contributed by atoms with E-state index in [1.807, 2.05) is 32.0 Å². The zero-order valence-electron chi connectivity index (χ0n) is 12.5. The standard InChI is InChI=1S/C17H23NO2.H2/c1-11-8-9-14(10-12(11)2)18-17(20)16-7-5-4-6-15(16)13(3)19;/h8-10,15-16H,4-7H2,1-3H3,(H,18,20);1H. The SMILES string of the molecule is CC(=O)C1CCCCC1C(=O)Nc1ccc(C)c(C)c1.[HH]. The maximum atomic E-state index is 12.4. The zero-order valence-corrected chi connectivity index (χ0v) is 12.5. The van der Waals surface area contributed by atoms with Gasteiger partial charge in [-0.25, -0.2) is 0 Å². The number of rotatable bonds is 3. The van der Waals surface area contributed by atoms with E-state index in [1.54, 1.807) is 6.92 Å². The molecule has 110 valence electrons. The predicted octanol–water partition coefficient (Wildman–Crippen LogP) is 3.88. The average molecular weight is 275 g/mol. The van der Waals surface area contributed by atoms with Gasteiger partial charge in [-0.05, 0) is 56.9 Å². The third kappa shape index (κ3) is 3.27. The maximum absolute atomic E-state index is 12.4. The quantitative estimate of drug-likeness (QED) is 0.909. The van der Waals surface area contributed by atoms with E-state index in [2.05, 4.69) is 5.32 Å². The molecule has 0 aliphatic heterocycles. The number of Topliss-reactive ketones (excluding diaryl/α,β-unsaturated/α-hetero) is 1. The van der Waals surface area contributed by atoms with E-state index in [1.165, 1.54) is 5.56 Å². The molecule has 1 aromatic carbocycles. The van der Waals surface area contributed by atoms with Gasteiger partial charge in [0.2, 0.25) is 5.91 Å². The Balaban J connectivity index is 0.00000220. The largest absolute Gasteiger partial charge is 0.326 e. The van der Waals surface area contributed by atoms with Crippen molar-refractivity contribution in [1.29, 1.82) is 0 Å². The lowest BCUT2D eigenvalue weighted by molar-refractivity contribution is -0.131. The summed E-state index contributed by atoms with van der Waals surface area (Å²) in [5, 5.41) is 2.97. The molecule has 20 heavy (non-hydrogen) atoms. The second-order valence-corrected chi connectivity index (χ2v) is 5.90. The first-order valence-electron chi connectivity index (χ1n) is 7.37. The van der Waals surface area contributed by atoms with Crippen LogP contribution in [0.5, 0.6) is 0 Å². The molecule has 2 unspecified atom stereocenters. The van der Waals surface area contributed by atoms with Crippen LogP contribution in [0.3, 0.4) is 0 Å². The minimum atomic E-state index is -0.164. The minimum Gasteiger partial charge on any atom is -0.326 e. The number of amides is 1. The highest BCUT2D eigenvalue weighted by molar-refractivity contribution is 5.96. The van der Waals surface area contributed by atoms with Crippen LogP contribution in [-0.2, 0) is 9.59 Å². The summed E-state index contributed by atoms with van der Waals surface area (Å²) in [6, 6.07) is 5.92. The van der Waals surface area contributed by atoms with Gasteiger partial charge in [0.1, 0.15) is 5.78 Å². The van der Waals surface area contributed by atoms with E-state index in [-0.39, 0.29) is 25.0 Å². The number of anilines is 1. The lowest BCUT2D eigenvalue weighted by atomic mass is 9.76. The van der Waals surface area contributed by atoms with Gasteiger partial charge in [-0.2, -0.15) is 0 Å². The second kappa shape index (κ2) is 6.21. The van der Waals surface area contributed by atoms with Gasteiger partial charge in [0.05, 0.1) is 0 Å². The summed E-state index contributed by atoms with van der Waals surface area (Å²) >= 11 is 0. The molecule has 0 spiro atoms. The molecule has 1 saturated carbocycles. The fourth-order valence-electron chi connectivity index (χ4n) is 2.99. The summed E-state index contributed by atoms with van der Waals surface area (Å²) in [5.74, 6) is -0.128. The van der Waals surface area contributed by atoms with Crippen molar-refractivity contribution in [3.63, 3.8) is 0 Å². The molecule has 1 aromatic rings. The highest BCUT2D eigenvalue weighted by atomic mass is 16.2. The summed E-state index contributed by atoms with van der Waals surface area (Å²) in [6.07, 6.45) is 3.76. The van der Waals surface area contributed by atoms with E-state index in [9.17, 15) is 9.59 Å². The number of benzene rings is 1. The van der Waals surface area contributed by atoms with Crippen molar-refractivity contribution in [2.75, 3.05) is 5.32 Å². The van der Waals surface area contributed by atoms with Crippen LogP contribution in [0.15, 0.2) is 18.2 Å². The molecule has 1 aliphatic rings. The van der Waals surface area contributed by atoms with Crippen molar-refractivity contribution in [2.24, 2.45) is 11.8 Å². The molecule has 1 fully saturated rings. The first kappa shape index (κ1) is 14.8. The Morgan fingerprint density at radius 2 is 1.75 bits per heavy atom. The third-order valence-corrected chi connectivity index (χ3v) is 4.40. The van der Waals surface area contributed by atoms with Gasteiger partial charge in [0, 0.05) is 18.9 Å². The molecular weight excluding hydrogens is 250 g/mol. The molecule has 0 radical (unpaired) electrons. The van der Waals surface area contributed by atoms with Crippen molar-refractivity contribution < 1.29 is 11.0 Å². The average Bonchev–Trinajstić information content (AvgIpc) is 2.43. The predicted molar refractivity (Wildman–Crippen MR) is 82.8 cm³/mol. The molecule has 1 aliphatic carbocycles. The number of carbonyl (C=O) groups is 2. The summed E-state index contributed by atoms with van der Waals surface area (Å²) in [4.78, 5) is 24.1. The molecular formula is C17H25NO2. The van der Waals surface area contributed by atoms with Crippen molar-refractivity contribution >= 4 is 17.4 Å². The van der Waals surface area contributed by atoms with Gasteiger partial charge >= 0.3 is 0 Å². The summed E-state index contributed by atoms with van der Waals surface area (Å²) in [5.41, 5.74) is 3.20. The second-order valence-electron chi connectivity index (χ2n) is 5.90. The fourth-order valence-corrected chi connectivity index (χ4v) is 2.99. The van der Waals surface area contributed by atoms with Crippen LogP contribution in [0.2, 0.25) is 0 Å². The molecule has 0 heterocycles. The highest BCUT2D eigenvalue weighted by Crippen LogP contribution is 2.31. The Kier molecular flexibility index (Phi) is 4.58. The van der Waals surface area contributed by atoms with Gasteiger partial charge in [0.15, 0.2) is 0 Å². The van der Waals surface area contributed by atoms with Gasteiger partial charge in [-0.1, -0.05) is 18.9 Å². The number of hydrogen-bond acceptors (Lipinski definition) is 2. The molecule has 1 N–H and O–H groups in total. The molecule has 2 atom stereocenters. The number of carbonyl (C=O) groups excluding carboxylic acids is 2. The van der Waals surface area contributed by atoms with Crippen molar-refractivity contribution in [3.8, 4) is 0 Å². The van der Waals surface area contributed by atoms with Gasteiger partial charge in [-0.3, -0.25) is 9.59 Å². The number of nitrogens with one attached hydrogen (secondary N) is 1. The zero-order chi connectivity index (χ0) is 14.7. The van der Waals surface area contributed by atoms with Gasteiger partial charge < -0.3 is 5.32 Å². The Bertz CT molecular complexity index is 528. The van der Waals surface area contributed by atoms with Crippen molar-refractivity contribution in [1.82, 2.24) is 0 Å². The first-order valence-corrected chi connectivity index (χ1v) is 7.37. The van der Waals surface area contributed by atoms with E-state index >= 15 is 0 Å². The lowest BCUT2D eigenvalue weighted by Gasteiger charge is -2.28. The van der Waals surface area contributed by atoms with Crippen LogP contribution >= 0.6 is 0 Å². The van der Waals surface area contributed by atoms with Crippen LogP contribution in [-0.4, -0.2) is 11.7 Å². The Hall–Kier alpha value is -1.64. The summed E-state index contributed by atoms with van der Waals surface area (Å²) in [7, 11) is 0. The number of ketones is 1. The van der Waals surface area contributed by atoms with Crippen molar-refractivity contribution in [2.45, 2.75) is 46.5 Å². The molecule has 2 rings (SSSR count). The Morgan fingerprint density at radius 1 is 1.10 bits per heavy atom.